The van der Waals surface area contributed by atoms with Gasteiger partial charge in [-0.1, -0.05) is 6.92 Å². The first kappa shape index (κ1) is 11.5. The van der Waals surface area contributed by atoms with E-state index in [-0.39, 0.29) is 0 Å². The largest absolute Gasteiger partial charge is 0.315 e. The third kappa shape index (κ3) is 2.41. The molecule has 3 nitrogen and oxygen atoms in total. The van der Waals surface area contributed by atoms with E-state index >= 15 is 0 Å². The van der Waals surface area contributed by atoms with Crippen molar-refractivity contribution in [2.75, 3.05) is 5.32 Å². The SMILES string of the molecule is CCc1nc(Nc2ncccc2Br)sc1C. The third-order valence-electron chi connectivity index (χ3n) is 2.21. The second-order valence-corrected chi connectivity index (χ2v) is 5.39. The molecular formula is C11H12BrN3S. The van der Waals surface area contributed by atoms with Crippen LogP contribution in [0.2, 0.25) is 0 Å². The molecule has 1 N–H and O–H groups in total. The summed E-state index contributed by atoms with van der Waals surface area (Å²) in [7, 11) is 0. The molecule has 0 aliphatic heterocycles. The van der Waals surface area contributed by atoms with Gasteiger partial charge in [-0.3, -0.25) is 0 Å². The molecule has 0 radical (unpaired) electrons. The van der Waals surface area contributed by atoms with Gasteiger partial charge in [-0.05, 0) is 41.4 Å². The fourth-order valence-corrected chi connectivity index (χ4v) is 2.64. The second kappa shape index (κ2) is 4.93. The summed E-state index contributed by atoms with van der Waals surface area (Å²) >= 11 is 5.11. The molecule has 0 bridgehead atoms. The molecule has 84 valence electrons. The highest BCUT2D eigenvalue weighted by atomic mass is 79.9. The minimum atomic E-state index is 0.805. The number of aromatic nitrogens is 2. The van der Waals surface area contributed by atoms with Crippen LogP contribution in [0.25, 0.3) is 0 Å². The summed E-state index contributed by atoms with van der Waals surface area (Å²) in [5, 5.41) is 4.11. The fourth-order valence-electron chi connectivity index (χ4n) is 1.39. The number of nitrogens with one attached hydrogen (secondary N) is 1. The van der Waals surface area contributed by atoms with Crippen molar-refractivity contribution in [1.29, 1.82) is 0 Å². The summed E-state index contributed by atoms with van der Waals surface area (Å²) in [6, 6.07) is 3.84. The maximum absolute atomic E-state index is 4.51. The number of rotatable bonds is 3. The molecule has 0 fully saturated rings. The number of hydrogen-bond donors (Lipinski definition) is 1. The first-order valence-electron chi connectivity index (χ1n) is 5.04. The Labute approximate surface area is 107 Å². The molecule has 0 aromatic carbocycles. The quantitative estimate of drug-likeness (QED) is 0.933. The highest BCUT2D eigenvalue weighted by Crippen LogP contribution is 2.27. The molecule has 0 saturated heterocycles. The van der Waals surface area contributed by atoms with E-state index in [1.165, 1.54) is 4.88 Å². The number of nitrogens with zero attached hydrogens (tertiary/aromatic N) is 2. The number of halogens is 1. The molecule has 0 saturated carbocycles. The zero-order valence-corrected chi connectivity index (χ0v) is 11.5. The zero-order chi connectivity index (χ0) is 11.5. The van der Waals surface area contributed by atoms with E-state index in [1.807, 2.05) is 12.1 Å². The molecular weight excluding hydrogens is 286 g/mol. The minimum absolute atomic E-state index is 0.805. The predicted octanol–water partition coefficient (Wildman–Crippen LogP) is 3.92. The summed E-state index contributed by atoms with van der Waals surface area (Å²) in [6.45, 7) is 4.21. The molecule has 16 heavy (non-hydrogen) atoms. The molecule has 0 atom stereocenters. The van der Waals surface area contributed by atoms with E-state index in [1.54, 1.807) is 17.5 Å². The van der Waals surface area contributed by atoms with E-state index in [4.69, 9.17) is 0 Å². The van der Waals surface area contributed by atoms with Crippen LogP contribution in [-0.2, 0) is 6.42 Å². The molecule has 0 aliphatic carbocycles. The normalized spacial score (nSPS) is 10.4. The standard InChI is InChI=1S/C11H12BrN3S/c1-3-9-7(2)16-11(14-9)15-10-8(12)5-4-6-13-10/h4-6H,3H2,1-2H3,(H,13,14,15). The predicted molar refractivity (Wildman–Crippen MR) is 71.4 cm³/mol. The van der Waals surface area contributed by atoms with Crippen molar-refractivity contribution < 1.29 is 0 Å². The average Bonchev–Trinajstić information content (AvgIpc) is 2.62. The van der Waals surface area contributed by atoms with Crippen molar-refractivity contribution in [3.05, 3.63) is 33.4 Å². The lowest BCUT2D eigenvalue weighted by Crippen LogP contribution is -1.93. The highest BCUT2D eigenvalue weighted by Gasteiger charge is 2.07. The van der Waals surface area contributed by atoms with Gasteiger partial charge < -0.3 is 5.32 Å². The number of pyridine rings is 1. The van der Waals surface area contributed by atoms with Crippen molar-refractivity contribution in [2.24, 2.45) is 0 Å². The molecule has 0 amide bonds. The topological polar surface area (TPSA) is 37.8 Å². The van der Waals surface area contributed by atoms with Gasteiger partial charge in [-0.2, -0.15) is 0 Å². The van der Waals surface area contributed by atoms with E-state index in [0.717, 1.165) is 27.5 Å². The van der Waals surface area contributed by atoms with Crippen molar-refractivity contribution >= 4 is 38.2 Å². The van der Waals surface area contributed by atoms with Gasteiger partial charge in [0.25, 0.3) is 0 Å². The van der Waals surface area contributed by atoms with Crippen LogP contribution in [0, 0.1) is 6.92 Å². The second-order valence-electron chi connectivity index (χ2n) is 3.33. The summed E-state index contributed by atoms with van der Waals surface area (Å²) < 4.78 is 0.945. The average molecular weight is 298 g/mol. The Morgan fingerprint density at radius 1 is 1.50 bits per heavy atom. The fraction of sp³-hybridized carbons (Fsp3) is 0.273. The van der Waals surface area contributed by atoms with Gasteiger partial charge in [0.15, 0.2) is 5.13 Å². The lowest BCUT2D eigenvalue weighted by Gasteiger charge is -2.02. The molecule has 2 aromatic heterocycles. The van der Waals surface area contributed by atoms with Crippen molar-refractivity contribution in [1.82, 2.24) is 9.97 Å². The van der Waals surface area contributed by atoms with E-state index in [2.05, 4.69) is 45.1 Å². The Morgan fingerprint density at radius 2 is 2.31 bits per heavy atom. The third-order valence-corrected chi connectivity index (χ3v) is 3.78. The maximum atomic E-state index is 4.51. The maximum Gasteiger partial charge on any atom is 0.188 e. The van der Waals surface area contributed by atoms with Crippen molar-refractivity contribution in [3.63, 3.8) is 0 Å². The lowest BCUT2D eigenvalue weighted by atomic mass is 10.3. The smallest absolute Gasteiger partial charge is 0.188 e. The number of hydrogen-bond acceptors (Lipinski definition) is 4. The Hall–Kier alpha value is -0.940. The Morgan fingerprint density at radius 3 is 2.94 bits per heavy atom. The van der Waals surface area contributed by atoms with Gasteiger partial charge in [0, 0.05) is 11.1 Å². The highest BCUT2D eigenvalue weighted by molar-refractivity contribution is 9.10. The van der Waals surface area contributed by atoms with Gasteiger partial charge >= 0.3 is 0 Å². The monoisotopic (exact) mass is 297 g/mol. The van der Waals surface area contributed by atoms with E-state index in [9.17, 15) is 0 Å². The molecule has 0 aliphatic rings. The summed E-state index contributed by atoms with van der Waals surface area (Å²) in [6.07, 6.45) is 2.72. The van der Waals surface area contributed by atoms with E-state index < -0.39 is 0 Å². The van der Waals surface area contributed by atoms with Gasteiger partial charge in [0.2, 0.25) is 0 Å². The van der Waals surface area contributed by atoms with Gasteiger partial charge in [0.05, 0.1) is 10.2 Å². The first-order chi connectivity index (χ1) is 7.70. The molecule has 0 unspecified atom stereocenters. The Balaban J connectivity index is 2.24. The van der Waals surface area contributed by atoms with Crippen LogP contribution in [0.15, 0.2) is 22.8 Å². The lowest BCUT2D eigenvalue weighted by molar-refractivity contribution is 1.04. The summed E-state index contributed by atoms with van der Waals surface area (Å²) in [4.78, 5) is 10.0. The number of anilines is 2. The number of aryl methyl sites for hydroxylation is 2. The Kier molecular flexibility index (Phi) is 3.56. The van der Waals surface area contributed by atoms with Crippen LogP contribution in [0.3, 0.4) is 0 Å². The van der Waals surface area contributed by atoms with Crippen LogP contribution < -0.4 is 5.32 Å². The zero-order valence-electron chi connectivity index (χ0n) is 9.12. The van der Waals surface area contributed by atoms with Crippen LogP contribution >= 0.6 is 27.3 Å². The van der Waals surface area contributed by atoms with Gasteiger partial charge in [-0.25, -0.2) is 9.97 Å². The van der Waals surface area contributed by atoms with Crippen LogP contribution in [-0.4, -0.2) is 9.97 Å². The minimum Gasteiger partial charge on any atom is -0.315 e. The first-order valence-corrected chi connectivity index (χ1v) is 6.65. The Bertz CT molecular complexity index is 496. The molecule has 5 heteroatoms. The summed E-state index contributed by atoms with van der Waals surface area (Å²) in [5.74, 6) is 0.805. The van der Waals surface area contributed by atoms with Crippen molar-refractivity contribution in [2.45, 2.75) is 20.3 Å². The van der Waals surface area contributed by atoms with E-state index in [0.29, 0.717) is 0 Å². The van der Waals surface area contributed by atoms with Crippen LogP contribution in [0.4, 0.5) is 10.9 Å². The number of thiazole rings is 1. The van der Waals surface area contributed by atoms with Crippen LogP contribution in [0.1, 0.15) is 17.5 Å². The van der Waals surface area contributed by atoms with Crippen molar-refractivity contribution in [3.8, 4) is 0 Å². The molecule has 2 aromatic rings. The summed E-state index contributed by atoms with van der Waals surface area (Å²) in [5.41, 5.74) is 1.15. The molecule has 2 heterocycles. The van der Waals surface area contributed by atoms with Gasteiger partial charge in [0.1, 0.15) is 5.82 Å². The molecule has 2 rings (SSSR count). The van der Waals surface area contributed by atoms with Crippen LogP contribution in [0.5, 0.6) is 0 Å². The van der Waals surface area contributed by atoms with Gasteiger partial charge in [-0.15, -0.1) is 11.3 Å². The molecule has 0 spiro atoms.